The second-order valence-corrected chi connectivity index (χ2v) is 4.53. The van der Waals surface area contributed by atoms with E-state index in [1.165, 1.54) is 12.1 Å². The van der Waals surface area contributed by atoms with Crippen LogP contribution in [0.1, 0.15) is 5.56 Å². The first-order chi connectivity index (χ1) is 8.24. The third kappa shape index (κ3) is 1.96. The molecule has 0 fully saturated rings. The molecule has 0 saturated heterocycles. The van der Waals surface area contributed by atoms with Crippen LogP contribution in [-0.4, -0.2) is 6.92 Å². The van der Waals surface area contributed by atoms with Crippen LogP contribution in [-0.2, 0) is 11.3 Å². The third-order valence-corrected chi connectivity index (χ3v) is 3.18. The van der Waals surface area contributed by atoms with Crippen molar-refractivity contribution in [3.63, 3.8) is 0 Å². The minimum atomic E-state index is -0.242. The van der Waals surface area contributed by atoms with Gasteiger partial charge in [-0.15, -0.1) is 0 Å². The molecular formula is C13H9BClFO. The highest BCUT2D eigenvalue weighted by Crippen LogP contribution is 2.16. The molecule has 84 valence electrons. The van der Waals surface area contributed by atoms with Gasteiger partial charge in [0.25, 0.3) is 0 Å². The van der Waals surface area contributed by atoms with E-state index in [2.05, 4.69) is 0 Å². The smallest absolute Gasteiger partial charge is 0.362 e. The Bertz CT molecular complexity index is 573. The Hall–Kier alpha value is -1.32. The van der Waals surface area contributed by atoms with Crippen molar-refractivity contribution in [2.45, 2.75) is 6.61 Å². The van der Waals surface area contributed by atoms with Gasteiger partial charge < -0.3 is 4.65 Å². The molecule has 0 bridgehead atoms. The molecule has 2 aromatic rings. The van der Waals surface area contributed by atoms with E-state index < -0.39 is 0 Å². The number of halogens is 2. The van der Waals surface area contributed by atoms with Crippen molar-refractivity contribution < 1.29 is 9.04 Å². The minimum Gasteiger partial charge on any atom is -0.423 e. The van der Waals surface area contributed by atoms with E-state index >= 15 is 0 Å². The lowest BCUT2D eigenvalue weighted by Crippen LogP contribution is -2.41. The second kappa shape index (κ2) is 4.17. The van der Waals surface area contributed by atoms with Crippen molar-refractivity contribution in [1.82, 2.24) is 0 Å². The van der Waals surface area contributed by atoms with Gasteiger partial charge in [-0.05, 0) is 40.8 Å². The molecule has 0 atom stereocenters. The fourth-order valence-electron chi connectivity index (χ4n) is 2.16. The van der Waals surface area contributed by atoms with Gasteiger partial charge in [-0.2, -0.15) is 0 Å². The zero-order chi connectivity index (χ0) is 11.8. The molecule has 0 amide bonds. The summed E-state index contributed by atoms with van der Waals surface area (Å²) in [5.41, 5.74) is 2.98. The maximum absolute atomic E-state index is 13.2. The molecule has 0 unspecified atom stereocenters. The van der Waals surface area contributed by atoms with E-state index in [4.69, 9.17) is 16.3 Å². The zero-order valence-electron chi connectivity index (χ0n) is 8.99. The standard InChI is InChI=1S/C13H9BClFO/c15-11-4-5-13-9(6-11)8-17-14(13)10-2-1-3-12(16)7-10/h1-7H,8H2. The van der Waals surface area contributed by atoms with E-state index in [1.54, 1.807) is 6.07 Å². The van der Waals surface area contributed by atoms with E-state index in [0.717, 1.165) is 16.5 Å². The number of rotatable bonds is 1. The van der Waals surface area contributed by atoms with Crippen LogP contribution in [0.5, 0.6) is 0 Å². The number of hydrogen-bond acceptors (Lipinski definition) is 1. The first-order valence-electron chi connectivity index (χ1n) is 5.39. The molecule has 17 heavy (non-hydrogen) atoms. The zero-order valence-corrected chi connectivity index (χ0v) is 9.75. The molecule has 3 rings (SSSR count). The summed E-state index contributed by atoms with van der Waals surface area (Å²) in [7, 11) is 0. The van der Waals surface area contributed by atoms with Crippen molar-refractivity contribution >= 4 is 29.4 Å². The minimum absolute atomic E-state index is 0.182. The summed E-state index contributed by atoms with van der Waals surface area (Å²) in [6, 6.07) is 12.2. The number of hydrogen-bond donors (Lipinski definition) is 0. The van der Waals surface area contributed by atoms with Gasteiger partial charge in [-0.3, -0.25) is 0 Å². The average Bonchev–Trinajstić information content (AvgIpc) is 2.71. The number of fused-ring (bicyclic) bond motifs is 1. The molecule has 4 heteroatoms. The molecular weight excluding hydrogens is 237 g/mol. The maximum atomic E-state index is 13.2. The predicted octanol–water partition coefficient (Wildman–Crippen LogP) is 2.11. The summed E-state index contributed by atoms with van der Waals surface area (Å²) < 4.78 is 18.9. The van der Waals surface area contributed by atoms with Crippen LogP contribution >= 0.6 is 11.6 Å². The van der Waals surface area contributed by atoms with Crippen molar-refractivity contribution in [1.29, 1.82) is 0 Å². The normalized spacial score (nSPS) is 13.9. The molecule has 1 aliphatic heterocycles. The first-order valence-corrected chi connectivity index (χ1v) is 5.77. The van der Waals surface area contributed by atoms with Crippen LogP contribution in [0.4, 0.5) is 4.39 Å². The molecule has 0 aromatic heterocycles. The Morgan fingerprint density at radius 1 is 1.18 bits per heavy atom. The first kappa shape index (κ1) is 10.8. The molecule has 0 spiro atoms. The SMILES string of the molecule is Fc1cccc(B2OCc3cc(Cl)ccc32)c1. The fraction of sp³-hybridized carbons (Fsp3) is 0.0769. The highest BCUT2D eigenvalue weighted by Gasteiger charge is 2.30. The Balaban J connectivity index is 2.04. The lowest BCUT2D eigenvalue weighted by Gasteiger charge is -2.07. The third-order valence-electron chi connectivity index (χ3n) is 2.94. The largest absolute Gasteiger partial charge is 0.423 e. The van der Waals surface area contributed by atoms with Gasteiger partial charge in [0.05, 0.1) is 6.61 Å². The van der Waals surface area contributed by atoms with Crippen LogP contribution in [0.3, 0.4) is 0 Å². The van der Waals surface area contributed by atoms with Crippen molar-refractivity contribution in [2.75, 3.05) is 0 Å². The van der Waals surface area contributed by atoms with Crippen molar-refractivity contribution in [3.05, 3.63) is 58.9 Å². The van der Waals surface area contributed by atoms with Crippen LogP contribution in [0.15, 0.2) is 42.5 Å². The Morgan fingerprint density at radius 3 is 2.88 bits per heavy atom. The van der Waals surface area contributed by atoms with E-state index in [9.17, 15) is 4.39 Å². The van der Waals surface area contributed by atoms with Gasteiger partial charge in [-0.25, -0.2) is 4.39 Å². The lowest BCUT2D eigenvalue weighted by molar-refractivity contribution is 0.337. The summed E-state index contributed by atoms with van der Waals surface area (Å²) in [4.78, 5) is 0. The van der Waals surface area contributed by atoms with Crippen LogP contribution in [0.2, 0.25) is 5.02 Å². The number of benzene rings is 2. The van der Waals surface area contributed by atoms with Crippen LogP contribution < -0.4 is 10.9 Å². The Labute approximate surface area is 104 Å². The predicted molar refractivity (Wildman–Crippen MR) is 67.7 cm³/mol. The molecule has 1 heterocycles. The fourth-order valence-corrected chi connectivity index (χ4v) is 2.36. The Kier molecular flexibility index (Phi) is 2.65. The summed E-state index contributed by atoms with van der Waals surface area (Å²) in [6.07, 6.45) is 0. The van der Waals surface area contributed by atoms with Gasteiger partial charge in [0.2, 0.25) is 0 Å². The van der Waals surface area contributed by atoms with E-state index in [0.29, 0.717) is 11.6 Å². The highest BCUT2D eigenvalue weighted by atomic mass is 35.5. The monoisotopic (exact) mass is 246 g/mol. The van der Waals surface area contributed by atoms with Crippen molar-refractivity contribution in [2.24, 2.45) is 0 Å². The Morgan fingerprint density at radius 2 is 2.06 bits per heavy atom. The quantitative estimate of drug-likeness (QED) is 0.700. The molecule has 0 radical (unpaired) electrons. The van der Waals surface area contributed by atoms with E-state index in [1.807, 2.05) is 24.3 Å². The lowest BCUT2D eigenvalue weighted by atomic mass is 9.56. The van der Waals surface area contributed by atoms with Gasteiger partial charge in [0.15, 0.2) is 0 Å². The van der Waals surface area contributed by atoms with Crippen LogP contribution in [0, 0.1) is 5.82 Å². The van der Waals surface area contributed by atoms with Crippen molar-refractivity contribution in [3.8, 4) is 0 Å². The van der Waals surface area contributed by atoms with E-state index in [-0.39, 0.29) is 12.7 Å². The molecule has 1 aliphatic rings. The van der Waals surface area contributed by atoms with Gasteiger partial charge in [0.1, 0.15) is 5.82 Å². The summed E-state index contributed by atoms with van der Waals surface area (Å²) >= 11 is 5.93. The molecule has 1 nitrogen and oxygen atoms in total. The van der Waals surface area contributed by atoms with Gasteiger partial charge >= 0.3 is 6.92 Å². The summed E-state index contributed by atoms with van der Waals surface area (Å²) in [5, 5.41) is 0.701. The van der Waals surface area contributed by atoms with Gasteiger partial charge in [-0.1, -0.05) is 29.8 Å². The molecule has 0 aliphatic carbocycles. The second-order valence-electron chi connectivity index (χ2n) is 4.09. The summed E-state index contributed by atoms with van der Waals surface area (Å²) in [5.74, 6) is -0.242. The average molecular weight is 246 g/mol. The molecule has 0 N–H and O–H groups in total. The maximum Gasteiger partial charge on any atom is 0.362 e. The molecule has 0 saturated carbocycles. The van der Waals surface area contributed by atoms with Gasteiger partial charge in [0, 0.05) is 5.02 Å². The topological polar surface area (TPSA) is 9.23 Å². The van der Waals surface area contributed by atoms with Crippen LogP contribution in [0.25, 0.3) is 0 Å². The summed E-state index contributed by atoms with van der Waals surface area (Å²) in [6.45, 7) is 0.342. The molecule has 2 aromatic carbocycles. The highest BCUT2D eigenvalue weighted by molar-refractivity contribution is 6.81.